The van der Waals surface area contributed by atoms with Gasteiger partial charge in [-0.15, -0.1) is 0 Å². The van der Waals surface area contributed by atoms with Gasteiger partial charge in [-0.3, -0.25) is 0 Å². The average Bonchev–Trinajstić information content (AvgIpc) is 3.32. The summed E-state index contributed by atoms with van der Waals surface area (Å²) in [7, 11) is 2.88. The Morgan fingerprint density at radius 1 is 0.722 bits per heavy atom. The van der Waals surface area contributed by atoms with Crippen molar-refractivity contribution in [3.8, 4) is 0 Å². The Bertz CT molecular complexity index is 1240. The molecule has 2 saturated heterocycles. The van der Waals surface area contributed by atoms with E-state index in [9.17, 15) is 40.9 Å². The van der Waals surface area contributed by atoms with E-state index in [1.165, 1.54) is 14.2 Å². The summed E-state index contributed by atoms with van der Waals surface area (Å²) in [5.74, 6) is -0.863. The number of methoxy groups -OCH3 is 2. The number of aliphatic hydroxyl groups is 8. The number of rotatable bonds is 12. The third kappa shape index (κ3) is 7.46. The van der Waals surface area contributed by atoms with Crippen LogP contribution in [0.3, 0.4) is 0 Å². The van der Waals surface area contributed by atoms with E-state index in [-0.39, 0.29) is 61.2 Å². The zero-order valence-corrected chi connectivity index (χ0v) is 33.3. The molecule has 8 N–H and O–H groups in total. The summed E-state index contributed by atoms with van der Waals surface area (Å²) < 4.78 is 34.4. The molecule has 4 unspecified atom stereocenters. The number of ether oxygens (including phenoxy) is 6. The molecule has 0 radical (unpaired) electrons. The fourth-order valence-corrected chi connectivity index (χ4v) is 12.6. The summed E-state index contributed by atoms with van der Waals surface area (Å²) in [6.07, 6.45) is -6.03. The van der Waals surface area contributed by atoms with Gasteiger partial charge in [0.1, 0.15) is 36.6 Å². The van der Waals surface area contributed by atoms with Gasteiger partial charge in [-0.25, -0.2) is 0 Å². The molecule has 314 valence electrons. The summed E-state index contributed by atoms with van der Waals surface area (Å²) in [6.45, 7) is 10.9. The molecule has 0 aromatic heterocycles. The van der Waals surface area contributed by atoms with Crippen LogP contribution in [-0.4, -0.2) is 154 Å². The van der Waals surface area contributed by atoms with Gasteiger partial charge in [-0.05, 0) is 91.3 Å². The van der Waals surface area contributed by atoms with Crippen molar-refractivity contribution in [3.05, 3.63) is 0 Å². The van der Waals surface area contributed by atoms with Crippen LogP contribution < -0.4 is 0 Å². The van der Waals surface area contributed by atoms with Gasteiger partial charge in [-0.1, -0.05) is 34.6 Å². The quantitative estimate of drug-likeness (QED) is 0.130. The Kier molecular flexibility index (Phi) is 13.2. The largest absolute Gasteiger partial charge is 0.393 e. The van der Waals surface area contributed by atoms with E-state index in [1.807, 2.05) is 0 Å². The van der Waals surface area contributed by atoms with Crippen molar-refractivity contribution in [1.82, 2.24) is 0 Å². The molecule has 6 fully saturated rings. The normalized spacial score (nSPS) is 52.0. The third-order valence-corrected chi connectivity index (χ3v) is 15.6. The predicted molar refractivity (Wildman–Crippen MR) is 193 cm³/mol. The van der Waals surface area contributed by atoms with E-state index >= 15 is 0 Å². The van der Waals surface area contributed by atoms with Crippen molar-refractivity contribution < 1.29 is 69.3 Å². The summed E-state index contributed by atoms with van der Waals surface area (Å²) >= 11 is 0. The van der Waals surface area contributed by atoms with Crippen molar-refractivity contribution in [2.75, 3.05) is 34.0 Å². The van der Waals surface area contributed by atoms with Gasteiger partial charge < -0.3 is 69.3 Å². The molecule has 4 saturated carbocycles. The molecule has 0 aromatic rings. The van der Waals surface area contributed by atoms with Crippen molar-refractivity contribution in [2.24, 2.45) is 52.3 Å². The van der Waals surface area contributed by atoms with Crippen molar-refractivity contribution >= 4 is 0 Å². The number of hydrogen-bond donors (Lipinski definition) is 8. The molecular formula is C40H70O14. The highest BCUT2D eigenvalue weighted by atomic mass is 16.7. The fourth-order valence-electron chi connectivity index (χ4n) is 12.6. The summed E-state index contributed by atoms with van der Waals surface area (Å²) in [5, 5.41) is 89.7. The van der Waals surface area contributed by atoms with Crippen LogP contribution in [-0.2, 0) is 28.4 Å². The van der Waals surface area contributed by atoms with Crippen LogP contribution in [0.15, 0.2) is 0 Å². The first-order valence-corrected chi connectivity index (χ1v) is 20.5. The molecule has 0 amide bonds. The molecule has 14 nitrogen and oxygen atoms in total. The summed E-state index contributed by atoms with van der Waals surface area (Å²) in [5.41, 5.74) is -2.38. The first-order valence-electron chi connectivity index (χ1n) is 20.5. The molecule has 0 aromatic carbocycles. The monoisotopic (exact) mass is 774 g/mol. The molecular weight excluding hydrogens is 704 g/mol. The Hall–Kier alpha value is -0.560. The molecule has 21 atom stereocenters. The molecule has 14 heteroatoms. The first kappa shape index (κ1) is 43.0. The van der Waals surface area contributed by atoms with Crippen LogP contribution in [0.4, 0.5) is 0 Å². The van der Waals surface area contributed by atoms with E-state index < -0.39 is 89.9 Å². The highest BCUT2D eigenvalue weighted by molar-refractivity contribution is 5.22. The smallest absolute Gasteiger partial charge is 0.186 e. The maximum atomic E-state index is 12.9. The predicted octanol–water partition coefficient (Wildman–Crippen LogP) is 0.949. The maximum Gasteiger partial charge on any atom is 0.186 e. The Morgan fingerprint density at radius 2 is 1.37 bits per heavy atom. The van der Waals surface area contributed by atoms with Crippen molar-refractivity contribution in [2.45, 2.75) is 165 Å². The lowest BCUT2D eigenvalue weighted by Crippen LogP contribution is -2.69. The van der Waals surface area contributed by atoms with Crippen LogP contribution in [0.1, 0.15) is 86.0 Å². The van der Waals surface area contributed by atoms with Crippen LogP contribution >= 0.6 is 0 Å². The first-order chi connectivity index (χ1) is 25.4. The molecule has 6 aliphatic rings. The zero-order chi connectivity index (χ0) is 39.5. The third-order valence-electron chi connectivity index (χ3n) is 15.6. The van der Waals surface area contributed by atoms with Gasteiger partial charge in [0.05, 0.1) is 49.8 Å². The van der Waals surface area contributed by atoms with E-state index in [4.69, 9.17) is 28.4 Å². The minimum Gasteiger partial charge on any atom is -0.393 e. The van der Waals surface area contributed by atoms with Crippen LogP contribution in [0.2, 0.25) is 0 Å². The highest BCUT2D eigenvalue weighted by Crippen LogP contribution is 2.70. The number of hydrogen-bond acceptors (Lipinski definition) is 14. The zero-order valence-electron chi connectivity index (χ0n) is 33.3. The minimum atomic E-state index is -1.38. The number of aliphatic hydroxyl groups excluding tert-OH is 7. The number of fused-ring (bicyclic) bond motifs is 5. The van der Waals surface area contributed by atoms with Gasteiger partial charge in [-0.2, -0.15) is 0 Å². The van der Waals surface area contributed by atoms with E-state index in [1.54, 1.807) is 0 Å². The van der Waals surface area contributed by atoms with E-state index in [2.05, 4.69) is 34.6 Å². The molecule has 4 aliphatic carbocycles. The summed E-state index contributed by atoms with van der Waals surface area (Å²) in [4.78, 5) is 0. The molecule has 0 bridgehead atoms. The van der Waals surface area contributed by atoms with Crippen LogP contribution in [0, 0.1) is 52.3 Å². The molecule has 0 spiro atoms. The van der Waals surface area contributed by atoms with Gasteiger partial charge in [0.2, 0.25) is 0 Å². The standard InChI is InChI=1S/C40H70O14/c1-19(2)21(16-51-36-32(47)33(49-6)26(43)18-52-36)9-8-20(3)28-30(45)31(46)35-39(28,5)13-11-27-38(4)12-10-22(14-23(38)24(41)15-40(27,35)48)54-37-34(50-7)29(44)25(42)17-53-37/h19-37,41-48H,8-18H2,1-7H3/t20-,21-,22+,23?,24-,25-,26-,27?,28+,29+,30-,31?,32-,33+,34-,35?,36-,37+,38+,39-,40+/m1/s1. The van der Waals surface area contributed by atoms with Gasteiger partial charge in [0.25, 0.3) is 0 Å². The van der Waals surface area contributed by atoms with Gasteiger partial charge >= 0.3 is 0 Å². The van der Waals surface area contributed by atoms with Gasteiger partial charge in [0, 0.05) is 26.6 Å². The molecule has 2 heterocycles. The van der Waals surface area contributed by atoms with Crippen LogP contribution in [0.5, 0.6) is 0 Å². The second-order valence-corrected chi connectivity index (χ2v) is 18.8. The topological polar surface area (TPSA) is 217 Å². The van der Waals surface area contributed by atoms with E-state index in [0.717, 1.165) is 19.3 Å². The second-order valence-electron chi connectivity index (χ2n) is 18.8. The molecule has 54 heavy (non-hydrogen) atoms. The lowest BCUT2D eigenvalue weighted by molar-refractivity contribution is -0.303. The lowest BCUT2D eigenvalue weighted by Gasteiger charge is -2.66. The SMILES string of the molecule is CO[C@@H]1[C@@H](O)[C@H](OC[C@@H](CC[C@@H](C)[C@H]2[C@@H](O)C(O)C3[C@]4(O)C[C@@H](O)C5C[C@@H](O[C@@H]6OC[C@@H](O)[C@H](O)[C@H]6OC)CC[C@]5(C)C4CC[C@@]32C)C(C)C)OC[C@H]1O. The van der Waals surface area contributed by atoms with Gasteiger partial charge in [0.15, 0.2) is 12.6 Å². The van der Waals surface area contributed by atoms with E-state index in [0.29, 0.717) is 32.3 Å². The summed E-state index contributed by atoms with van der Waals surface area (Å²) in [6, 6.07) is 0. The Labute approximate surface area is 320 Å². The average molecular weight is 775 g/mol. The second kappa shape index (κ2) is 16.6. The fraction of sp³-hybridized carbons (Fsp3) is 1.00. The molecule has 2 aliphatic heterocycles. The highest BCUT2D eigenvalue weighted by Gasteiger charge is 2.72. The minimum absolute atomic E-state index is 0.00750. The maximum absolute atomic E-state index is 12.9. The van der Waals surface area contributed by atoms with Crippen LogP contribution in [0.25, 0.3) is 0 Å². The Morgan fingerprint density at radius 3 is 2.04 bits per heavy atom. The van der Waals surface area contributed by atoms with Crippen molar-refractivity contribution in [1.29, 1.82) is 0 Å². The van der Waals surface area contributed by atoms with Crippen molar-refractivity contribution in [3.63, 3.8) is 0 Å². The Balaban J connectivity index is 1.12. The molecule has 6 rings (SSSR count). The lowest BCUT2D eigenvalue weighted by atomic mass is 9.41.